The number of Topliss-reactive ketones (excluding diaryl/α,β-unsaturated/α-hetero) is 1. The molecule has 34 heavy (non-hydrogen) atoms. The van der Waals surface area contributed by atoms with Crippen molar-refractivity contribution in [1.82, 2.24) is 9.47 Å². The minimum atomic E-state index is -0.558. The van der Waals surface area contributed by atoms with Gasteiger partial charge in [-0.25, -0.2) is 4.79 Å². The summed E-state index contributed by atoms with van der Waals surface area (Å²) in [4.78, 5) is 41.8. The highest BCUT2D eigenvalue weighted by Crippen LogP contribution is 2.25. The van der Waals surface area contributed by atoms with Crippen molar-refractivity contribution in [2.24, 2.45) is 0 Å². The number of thioether (sulfide) groups is 1. The second kappa shape index (κ2) is 11.1. The lowest BCUT2D eigenvalue weighted by molar-refractivity contribution is -0.127. The average Bonchev–Trinajstić information content (AvgIpc) is 3.61. The van der Waals surface area contributed by atoms with Crippen LogP contribution in [-0.2, 0) is 16.1 Å². The zero-order valence-corrected chi connectivity index (χ0v) is 21.0. The minimum absolute atomic E-state index is 0.0822. The maximum absolute atomic E-state index is 12.9. The Labute approximate surface area is 207 Å². The van der Waals surface area contributed by atoms with E-state index < -0.39 is 5.97 Å². The number of carbonyl (C=O) groups excluding carboxylic acids is 3. The molecule has 3 heterocycles. The number of likely N-dealkylation sites (tertiary alicyclic amines) is 1. The quantitative estimate of drug-likeness (QED) is 0.238. The average molecular weight is 497 g/mol. The molecule has 0 atom stereocenters. The summed E-state index contributed by atoms with van der Waals surface area (Å²) in [7, 11) is 0. The molecular formula is C26H28N2O4S2. The maximum Gasteiger partial charge on any atom is 0.339 e. The standard InChI is InChI=1S/C26H28N2O4S2/c1-18-14-22(19(2)28(18)15-20-8-7-13-33-20)23(29)16-32-26(31)21-9-3-4-10-24(21)34-17-25(30)27-11-5-6-12-27/h3-4,7-10,13-14H,5-6,11-12,15-17H2,1-2H3. The van der Waals surface area contributed by atoms with Gasteiger partial charge in [0.15, 0.2) is 6.61 Å². The normalized spacial score (nSPS) is 13.3. The third kappa shape index (κ3) is 5.62. The van der Waals surface area contributed by atoms with Crippen LogP contribution >= 0.6 is 23.1 Å². The monoisotopic (exact) mass is 496 g/mol. The van der Waals surface area contributed by atoms with Gasteiger partial charge >= 0.3 is 5.97 Å². The van der Waals surface area contributed by atoms with Crippen LogP contribution in [-0.4, -0.2) is 52.6 Å². The molecule has 3 aromatic rings. The number of hydrogen-bond acceptors (Lipinski definition) is 6. The van der Waals surface area contributed by atoms with Crippen LogP contribution in [0.2, 0.25) is 0 Å². The van der Waals surface area contributed by atoms with Crippen LogP contribution in [0.25, 0.3) is 0 Å². The second-order valence-electron chi connectivity index (χ2n) is 8.32. The van der Waals surface area contributed by atoms with Gasteiger partial charge in [0.2, 0.25) is 11.7 Å². The van der Waals surface area contributed by atoms with Crippen molar-refractivity contribution < 1.29 is 19.1 Å². The number of esters is 1. The number of ketones is 1. The number of aromatic nitrogens is 1. The van der Waals surface area contributed by atoms with Crippen molar-refractivity contribution in [2.45, 2.75) is 38.1 Å². The van der Waals surface area contributed by atoms with Gasteiger partial charge in [-0.15, -0.1) is 23.1 Å². The molecule has 4 rings (SSSR count). The Morgan fingerprint density at radius 2 is 1.79 bits per heavy atom. The van der Waals surface area contributed by atoms with Crippen LogP contribution in [0.4, 0.5) is 0 Å². The van der Waals surface area contributed by atoms with Crippen LogP contribution < -0.4 is 0 Å². The molecule has 0 unspecified atom stereocenters. The van der Waals surface area contributed by atoms with E-state index >= 15 is 0 Å². The molecule has 0 bridgehead atoms. The predicted molar refractivity (Wildman–Crippen MR) is 135 cm³/mol. The number of ether oxygens (including phenoxy) is 1. The molecule has 1 aliphatic rings. The second-order valence-corrected chi connectivity index (χ2v) is 10.4. The van der Waals surface area contributed by atoms with E-state index in [9.17, 15) is 14.4 Å². The van der Waals surface area contributed by atoms with Gasteiger partial charge in [0.05, 0.1) is 17.9 Å². The first-order valence-electron chi connectivity index (χ1n) is 11.3. The molecule has 6 nitrogen and oxygen atoms in total. The van der Waals surface area contributed by atoms with Crippen molar-refractivity contribution in [1.29, 1.82) is 0 Å². The minimum Gasteiger partial charge on any atom is -0.454 e. The zero-order chi connectivity index (χ0) is 24.1. The number of nitrogens with zero attached hydrogens (tertiary/aromatic N) is 2. The number of thiophene rings is 1. The molecule has 0 N–H and O–H groups in total. The fourth-order valence-corrected chi connectivity index (χ4v) is 5.77. The van der Waals surface area contributed by atoms with Gasteiger partial charge in [0.25, 0.3) is 0 Å². The smallest absolute Gasteiger partial charge is 0.339 e. The first-order chi connectivity index (χ1) is 16.4. The number of amides is 1. The van der Waals surface area contributed by atoms with Gasteiger partial charge in [-0.3, -0.25) is 9.59 Å². The summed E-state index contributed by atoms with van der Waals surface area (Å²) in [6.45, 7) is 5.88. The molecule has 0 aliphatic carbocycles. The predicted octanol–water partition coefficient (Wildman–Crippen LogP) is 4.97. The van der Waals surface area contributed by atoms with Crippen LogP contribution in [0.1, 0.15) is 49.8 Å². The SMILES string of the molecule is Cc1cc(C(=O)COC(=O)c2ccccc2SCC(=O)N2CCCC2)c(C)n1Cc1cccs1. The van der Waals surface area contributed by atoms with E-state index in [1.54, 1.807) is 29.5 Å². The van der Waals surface area contributed by atoms with Gasteiger partial charge < -0.3 is 14.2 Å². The van der Waals surface area contributed by atoms with E-state index in [0.717, 1.165) is 37.3 Å². The Kier molecular flexibility index (Phi) is 7.90. The number of aryl methyl sites for hydroxylation is 1. The first-order valence-corrected chi connectivity index (χ1v) is 13.2. The summed E-state index contributed by atoms with van der Waals surface area (Å²) in [5.41, 5.74) is 2.80. The molecule has 1 amide bonds. The molecule has 0 saturated carbocycles. The third-order valence-electron chi connectivity index (χ3n) is 6.02. The Balaban J connectivity index is 1.37. The highest BCUT2D eigenvalue weighted by atomic mass is 32.2. The molecule has 8 heteroatoms. The third-order valence-corrected chi connectivity index (χ3v) is 7.94. The number of hydrogen-bond donors (Lipinski definition) is 0. The molecule has 1 fully saturated rings. The Bertz CT molecular complexity index is 1180. The van der Waals surface area contributed by atoms with Gasteiger partial charge in [-0.1, -0.05) is 18.2 Å². The molecule has 1 aliphatic heterocycles. The molecule has 1 saturated heterocycles. The lowest BCUT2D eigenvalue weighted by Gasteiger charge is -2.15. The Hall–Kier alpha value is -2.84. The summed E-state index contributed by atoms with van der Waals surface area (Å²) < 4.78 is 7.50. The molecule has 0 spiro atoms. The fraction of sp³-hybridized carbons (Fsp3) is 0.346. The fourth-order valence-electron chi connectivity index (χ4n) is 4.13. The van der Waals surface area contributed by atoms with Gasteiger partial charge in [-0.05, 0) is 56.3 Å². The van der Waals surface area contributed by atoms with Crippen molar-refractivity contribution in [3.63, 3.8) is 0 Å². The topological polar surface area (TPSA) is 68.6 Å². The van der Waals surface area contributed by atoms with E-state index in [0.29, 0.717) is 22.6 Å². The van der Waals surface area contributed by atoms with Gasteiger partial charge in [0.1, 0.15) is 0 Å². The lowest BCUT2D eigenvalue weighted by Crippen LogP contribution is -2.29. The van der Waals surface area contributed by atoms with E-state index in [1.165, 1.54) is 16.6 Å². The van der Waals surface area contributed by atoms with Crippen LogP contribution in [0.3, 0.4) is 0 Å². The number of carbonyl (C=O) groups is 3. The van der Waals surface area contributed by atoms with E-state index in [4.69, 9.17) is 4.74 Å². The Morgan fingerprint density at radius 3 is 2.53 bits per heavy atom. The molecule has 1 aromatic carbocycles. The van der Waals surface area contributed by atoms with E-state index in [1.807, 2.05) is 42.3 Å². The van der Waals surface area contributed by atoms with Crippen LogP contribution in [0.5, 0.6) is 0 Å². The maximum atomic E-state index is 12.9. The largest absolute Gasteiger partial charge is 0.454 e. The van der Waals surface area contributed by atoms with Gasteiger partial charge in [-0.2, -0.15) is 0 Å². The first kappa shape index (κ1) is 24.3. The summed E-state index contributed by atoms with van der Waals surface area (Å²) in [6, 6.07) is 13.0. The van der Waals surface area contributed by atoms with Crippen molar-refractivity contribution >= 4 is 40.8 Å². The van der Waals surface area contributed by atoms with Crippen molar-refractivity contribution in [3.05, 3.63) is 75.2 Å². The van der Waals surface area contributed by atoms with Crippen molar-refractivity contribution in [2.75, 3.05) is 25.4 Å². The summed E-state index contributed by atoms with van der Waals surface area (Å²) >= 11 is 3.01. The molecule has 178 valence electrons. The summed E-state index contributed by atoms with van der Waals surface area (Å²) in [6.07, 6.45) is 2.09. The molecular weight excluding hydrogens is 468 g/mol. The van der Waals surface area contributed by atoms with Gasteiger partial charge in [0, 0.05) is 39.8 Å². The highest BCUT2D eigenvalue weighted by molar-refractivity contribution is 8.00. The summed E-state index contributed by atoms with van der Waals surface area (Å²) in [5, 5.41) is 2.04. The summed E-state index contributed by atoms with van der Waals surface area (Å²) in [5.74, 6) is -0.427. The van der Waals surface area contributed by atoms with Crippen LogP contribution in [0, 0.1) is 13.8 Å². The van der Waals surface area contributed by atoms with Crippen LogP contribution in [0.15, 0.2) is 52.7 Å². The Morgan fingerprint density at radius 1 is 1.03 bits per heavy atom. The number of benzene rings is 1. The van der Waals surface area contributed by atoms with E-state index in [2.05, 4.69) is 10.6 Å². The molecule has 0 radical (unpaired) electrons. The molecule has 2 aromatic heterocycles. The zero-order valence-electron chi connectivity index (χ0n) is 19.4. The van der Waals surface area contributed by atoms with E-state index in [-0.39, 0.29) is 24.1 Å². The highest BCUT2D eigenvalue weighted by Gasteiger charge is 2.21. The number of rotatable bonds is 9. The lowest BCUT2D eigenvalue weighted by atomic mass is 10.1. The van der Waals surface area contributed by atoms with Crippen molar-refractivity contribution in [3.8, 4) is 0 Å².